The molecule has 2 nitrogen and oxygen atoms in total. The Morgan fingerprint density at radius 3 is 2.89 bits per heavy atom. The third-order valence-electron chi connectivity index (χ3n) is 4.08. The van der Waals surface area contributed by atoms with E-state index in [4.69, 9.17) is 10.7 Å². The van der Waals surface area contributed by atoms with Crippen molar-refractivity contribution < 1.29 is 0 Å². The molecule has 0 spiro atoms. The van der Waals surface area contributed by atoms with Crippen molar-refractivity contribution in [3.63, 3.8) is 0 Å². The molecular formula is C14H13BrN2S. The van der Waals surface area contributed by atoms with Gasteiger partial charge in [-0.3, -0.25) is 0 Å². The lowest BCUT2D eigenvalue weighted by atomic mass is 9.78. The molecule has 4 heteroatoms. The number of nitrogens with zero attached hydrogens (tertiary/aromatic N) is 1. The van der Waals surface area contributed by atoms with Crippen LogP contribution in [0.5, 0.6) is 0 Å². The van der Waals surface area contributed by atoms with Crippen LogP contribution in [-0.2, 0) is 12.0 Å². The third-order valence-corrected chi connectivity index (χ3v) is 6.10. The van der Waals surface area contributed by atoms with Crippen molar-refractivity contribution in [3.05, 3.63) is 38.1 Å². The van der Waals surface area contributed by atoms with Crippen LogP contribution in [0.1, 0.15) is 34.7 Å². The van der Waals surface area contributed by atoms with Gasteiger partial charge in [0.2, 0.25) is 0 Å². The number of nitrogens with two attached hydrogens (primary N) is 1. The highest BCUT2D eigenvalue weighted by atomic mass is 79.9. The molecule has 0 bridgehead atoms. The maximum absolute atomic E-state index is 6.37. The molecule has 0 radical (unpaired) electrons. The minimum absolute atomic E-state index is 0.124. The quantitative estimate of drug-likeness (QED) is 0.740. The molecule has 1 saturated carbocycles. The predicted octanol–water partition coefficient (Wildman–Crippen LogP) is 3.81. The van der Waals surface area contributed by atoms with Gasteiger partial charge in [0, 0.05) is 21.3 Å². The van der Waals surface area contributed by atoms with Crippen molar-refractivity contribution in [1.82, 2.24) is 4.98 Å². The molecule has 0 saturated heterocycles. The van der Waals surface area contributed by atoms with Gasteiger partial charge in [0.25, 0.3) is 0 Å². The summed E-state index contributed by atoms with van der Waals surface area (Å²) in [4.78, 5) is 6.22. The van der Waals surface area contributed by atoms with Gasteiger partial charge in [0.15, 0.2) is 0 Å². The van der Waals surface area contributed by atoms with Gasteiger partial charge in [0.05, 0.1) is 11.2 Å². The fourth-order valence-electron chi connectivity index (χ4n) is 2.79. The van der Waals surface area contributed by atoms with E-state index in [1.807, 2.05) is 11.3 Å². The van der Waals surface area contributed by atoms with E-state index in [2.05, 4.69) is 34.1 Å². The Balaban J connectivity index is 1.84. The van der Waals surface area contributed by atoms with Crippen LogP contribution in [0.2, 0.25) is 0 Å². The average Bonchev–Trinajstić information content (AvgIpc) is 2.85. The van der Waals surface area contributed by atoms with E-state index in [-0.39, 0.29) is 5.54 Å². The summed E-state index contributed by atoms with van der Waals surface area (Å²) in [5.74, 6) is 0. The summed E-state index contributed by atoms with van der Waals surface area (Å²) in [6, 6.07) is 6.35. The smallest absolute Gasteiger partial charge is 0.113 e. The number of fused-ring (bicyclic) bond motifs is 3. The molecule has 1 fully saturated rings. The minimum Gasteiger partial charge on any atom is -0.319 e. The first-order chi connectivity index (χ1) is 8.67. The number of rotatable bonds is 1. The van der Waals surface area contributed by atoms with E-state index in [9.17, 15) is 0 Å². The van der Waals surface area contributed by atoms with Crippen molar-refractivity contribution >= 4 is 27.3 Å². The van der Waals surface area contributed by atoms with E-state index in [1.54, 1.807) is 0 Å². The maximum atomic E-state index is 6.37. The second kappa shape index (κ2) is 3.65. The Morgan fingerprint density at radius 2 is 2.17 bits per heavy atom. The van der Waals surface area contributed by atoms with E-state index >= 15 is 0 Å². The fourth-order valence-corrected chi connectivity index (χ4v) is 4.54. The Morgan fingerprint density at radius 1 is 1.33 bits per heavy atom. The molecule has 2 aromatic rings. The van der Waals surface area contributed by atoms with Crippen molar-refractivity contribution in [2.45, 2.75) is 31.2 Å². The zero-order valence-electron chi connectivity index (χ0n) is 9.87. The molecule has 2 aliphatic carbocycles. The highest BCUT2D eigenvalue weighted by molar-refractivity contribution is 9.10. The molecule has 0 amide bonds. The van der Waals surface area contributed by atoms with Crippen LogP contribution in [-0.4, -0.2) is 4.98 Å². The first-order valence-corrected chi connectivity index (χ1v) is 7.85. The van der Waals surface area contributed by atoms with Crippen LogP contribution in [0.3, 0.4) is 0 Å². The van der Waals surface area contributed by atoms with Gasteiger partial charge in [-0.1, -0.05) is 28.1 Å². The molecule has 2 aliphatic rings. The number of thiazole rings is 1. The van der Waals surface area contributed by atoms with Gasteiger partial charge in [-0.15, -0.1) is 11.3 Å². The lowest BCUT2D eigenvalue weighted by molar-refractivity contribution is 0.253. The molecule has 92 valence electrons. The molecule has 1 aromatic heterocycles. The summed E-state index contributed by atoms with van der Waals surface area (Å²) in [7, 11) is 0. The Labute approximate surface area is 118 Å². The molecule has 0 aliphatic heterocycles. The van der Waals surface area contributed by atoms with E-state index in [0.717, 1.165) is 24.3 Å². The van der Waals surface area contributed by atoms with E-state index in [0.29, 0.717) is 0 Å². The number of hydrogen-bond acceptors (Lipinski definition) is 3. The van der Waals surface area contributed by atoms with Crippen LogP contribution in [0.4, 0.5) is 0 Å². The highest BCUT2D eigenvalue weighted by Crippen LogP contribution is 2.47. The first-order valence-electron chi connectivity index (χ1n) is 6.24. The topological polar surface area (TPSA) is 38.9 Å². The molecule has 1 aromatic carbocycles. The first kappa shape index (κ1) is 11.1. The summed E-state index contributed by atoms with van der Waals surface area (Å²) in [5, 5.41) is 1.14. The largest absolute Gasteiger partial charge is 0.319 e. The van der Waals surface area contributed by atoms with Crippen LogP contribution in [0.25, 0.3) is 11.3 Å². The molecule has 2 N–H and O–H groups in total. The van der Waals surface area contributed by atoms with Crippen molar-refractivity contribution in [2.75, 3.05) is 0 Å². The van der Waals surface area contributed by atoms with Crippen LogP contribution in [0, 0.1) is 0 Å². The summed E-state index contributed by atoms with van der Waals surface area (Å²) >= 11 is 5.44. The van der Waals surface area contributed by atoms with Crippen LogP contribution in [0.15, 0.2) is 22.7 Å². The van der Waals surface area contributed by atoms with Crippen molar-refractivity contribution in [2.24, 2.45) is 5.73 Å². The Hall–Kier alpha value is -0.710. The molecule has 0 atom stereocenters. The second-order valence-corrected chi connectivity index (χ2v) is 7.18. The number of hydrogen-bond donors (Lipinski definition) is 1. The summed E-state index contributed by atoms with van der Waals surface area (Å²) < 4.78 is 1.19. The standard InChI is InChI=1S/C14H13BrN2S/c15-10-4-1-3-8-9(10)7-11-12(8)17-13(18-11)14(16)5-2-6-14/h1,3-4H,2,5-7,16H2. The summed E-state index contributed by atoms with van der Waals surface area (Å²) in [6.45, 7) is 0. The lowest BCUT2D eigenvalue weighted by Gasteiger charge is -2.36. The van der Waals surface area contributed by atoms with Gasteiger partial charge in [-0.2, -0.15) is 0 Å². The molecule has 1 heterocycles. The SMILES string of the molecule is NC1(c2nc3c(s2)Cc2c(Br)cccc2-3)CCC1. The highest BCUT2D eigenvalue weighted by Gasteiger charge is 2.39. The van der Waals surface area contributed by atoms with Crippen LogP contribution >= 0.6 is 27.3 Å². The molecule has 0 unspecified atom stereocenters. The van der Waals surface area contributed by atoms with Crippen molar-refractivity contribution in [3.8, 4) is 11.3 Å². The van der Waals surface area contributed by atoms with Gasteiger partial charge >= 0.3 is 0 Å². The van der Waals surface area contributed by atoms with Gasteiger partial charge in [-0.05, 0) is 30.9 Å². The maximum Gasteiger partial charge on any atom is 0.113 e. The van der Waals surface area contributed by atoms with E-state index in [1.165, 1.54) is 32.6 Å². The zero-order chi connectivity index (χ0) is 12.3. The summed E-state index contributed by atoms with van der Waals surface area (Å²) in [6.07, 6.45) is 4.41. The molecule has 4 rings (SSSR count). The van der Waals surface area contributed by atoms with E-state index < -0.39 is 0 Å². The fraction of sp³-hybridized carbons (Fsp3) is 0.357. The monoisotopic (exact) mass is 320 g/mol. The normalized spacial score (nSPS) is 19.2. The van der Waals surface area contributed by atoms with Gasteiger partial charge in [0.1, 0.15) is 5.01 Å². The van der Waals surface area contributed by atoms with Gasteiger partial charge < -0.3 is 5.73 Å². The van der Waals surface area contributed by atoms with Gasteiger partial charge in [-0.25, -0.2) is 4.98 Å². The zero-order valence-corrected chi connectivity index (χ0v) is 12.3. The Kier molecular flexibility index (Phi) is 2.26. The molecule has 18 heavy (non-hydrogen) atoms. The minimum atomic E-state index is -0.124. The predicted molar refractivity (Wildman–Crippen MR) is 77.8 cm³/mol. The van der Waals surface area contributed by atoms with Crippen molar-refractivity contribution in [1.29, 1.82) is 0 Å². The third kappa shape index (κ3) is 1.40. The van der Waals surface area contributed by atoms with Crippen LogP contribution < -0.4 is 5.73 Å². The number of halogens is 1. The molecular weight excluding hydrogens is 308 g/mol. The number of aromatic nitrogens is 1. The second-order valence-electron chi connectivity index (χ2n) is 5.24. The summed E-state index contributed by atoms with van der Waals surface area (Å²) in [5.41, 5.74) is 10.1. The lowest BCUT2D eigenvalue weighted by Crippen LogP contribution is -2.43. The number of benzene rings is 1. The average molecular weight is 321 g/mol. The Bertz CT molecular complexity index is 643.